The Morgan fingerprint density at radius 3 is 2.65 bits per heavy atom. The van der Waals surface area contributed by atoms with Crippen LogP contribution in [0.5, 0.6) is 0 Å². The molecule has 0 unspecified atom stereocenters. The van der Waals surface area contributed by atoms with Gasteiger partial charge >= 0.3 is 0 Å². The largest absolute Gasteiger partial charge is 0.383 e. The van der Waals surface area contributed by atoms with Crippen LogP contribution in [0.4, 0.5) is 10.2 Å². The summed E-state index contributed by atoms with van der Waals surface area (Å²) in [5, 5.41) is 0.809. The minimum atomic E-state index is -0.512. The topological polar surface area (TPSA) is 51.8 Å². The molecule has 0 aliphatic rings. The van der Waals surface area contributed by atoms with E-state index in [1.54, 1.807) is 6.07 Å². The van der Waals surface area contributed by atoms with Gasteiger partial charge in [-0.05, 0) is 36.4 Å². The van der Waals surface area contributed by atoms with E-state index in [1.807, 2.05) is 18.2 Å². The monoisotopic (exact) mass is 351 g/mol. The zero-order valence-electron chi connectivity index (χ0n) is 10.1. The minimum Gasteiger partial charge on any atom is -0.383 e. The lowest BCUT2D eigenvalue weighted by atomic mass is 10.2. The molecule has 2 N–H and O–H groups in total. The van der Waals surface area contributed by atoms with Gasteiger partial charge in [0.2, 0.25) is 0 Å². The number of nitrogens with two attached hydrogens (primary N) is 1. The second-order valence-corrected chi connectivity index (χ2v) is 5.55. The van der Waals surface area contributed by atoms with Crippen molar-refractivity contribution in [3.8, 4) is 11.4 Å². The van der Waals surface area contributed by atoms with E-state index in [2.05, 4.69) is 25.9 Å². The van der Waals surface area contributed by atoms with Gasteiger partial charge in [0.05, 0.1) is 10.5 Å². The van der Waals surface area contributed by atoms with E-state index in [0.29, 0.717) is 22.7 Å². The summed E-state index contributed by atoms with van der Waals surface area (Å²) in [6.07, 6.45) is 0. The number of nitrogen functional groups attached to an aromatic ring is 1. The van der Waals surface area contributed by atoms with Crippen LogP contribution in [0.15, 0.2) is 40.9 Å². The summed E-state index contributed by atoms with van der Waals surface area (Å²) in [5.41, 5.74) is 7.17. The standard InChI is InChI=1S/C14H8BrClFN3/c15-8-2-4-12-9(6-8)13(18)20-14(19-12)7-1-3-10(16)11(17)5-7/h1-6H,(H2,18,19,20). The molecule has 6 heteroatoms. The van der Waals surface area contributed by atoms with Gasteiger partial charge in [-0.25, -0.2) is 14.4 Å². The number of nitrogens with zero attached hydrogens (tertiary/aromatic N) is 2. The average Bonchev–Trinajstić information content (AvgIpc) is 2.42. The molecule has 0 saturated carbocycles. The fraction of sp³-hybridized carbons (Fsp3) is 0. The van der Waals surface area contributed by atoms with Crippen molar-refractivity contribution in [1.29, 1.82) is 0 Å². The molecular formula is C14H8BrClFN3. The molecule has 0 fully saturated rings. The lowest BCUT2D eigenvalue weighted by Crippen LogP contribution is -1.98. The molecule has 3 rings (SSSR count). The second kappa shape index (κ2) is 5.00. The van der Waals surface area contributed by atoms with E-state index in [9.17, 15) is 4.39 Å². The number of hydrogen-bond acceptors (Lipinski definition) is 3. The summed E-state index contributed by atoms with van der Waals surface area (Å²) < 4.78 is 14.4. The van der Waals surface area contributed by atoms with Gasteiger partial charge in [-0.2, -0.15) is 0 Å². The summed E-state index contributed by atoms with van der Waals surface area (Å²) in [6.45, 7) is 0. The Morgan fingerprint density at radius 2 is 1.90 bits per heavy atom. The maximum absolute atomic E-state index is 13.5. The van der Waals surface area contributed by atoms with Gasteiger partial charge < -0.3 is 5.73 Å². The molecule has 0 aliphatic heterocycles. The normalized spacial score (nSPS) is 10.9. The second-order valence-electron chi connectivity index (χ2n) is 4.22. The molecule has 20 heavy (non-hydrogen) atoms. The van der Waals surface area contributed by atoms with Gasteiger partial charge in [-0.15, -0.1) is 0 Å². The van der Waals surface area contributed by atoms with Crippen LogP contribution in [-0.2, 0) is 0 Å². The third-order valence-corrected chi connectivity index (χ3v) is 3.66. The molecule has 3 nitrogen and oxygen atoms in total. The molecule has 0 atom stereocenters. The number of halogens is 3. The van der Waals surface area contributed by atoms with Crippen LogP contribution in [0, 0.1) is 5.82 Å². The predicted octanol–water partition coefficient (Wildman–Crippen LogP) is 4.43. The lowest BCUT2D eigenvalue weighted by Gasteiger charge is -2.06. The van der Waals surface area contributed by atoms with Crippen molar-refractivity contribution in [2.24, 2.45) is 0 Å². The summed E-state index contributed by atoms with van der Waals surface area (Å²) >= 11 is 9.04. The van der Waals surface area contributed by atoms with Crippen molar-refractivity contribution in [3.63, 3.8) is 0 Å². The lowest BCUT2D eigenvalue weighted by molar-refractivity contribution is 0.628. The highest BCUT2D eigenvalue weighted by Gasteiger charge is 2.09. The van der Waals surface area contributed by atoms with E-state index in [4.69, 9.17) is 17.3 Å². The number of hydrogen-bond donors (Lipinski definition) is 1. The zero-order valence-corrected chi connectivity index (χ0v) is 12.4. The fourth-order valence-electron chi connectivity index (χ4n) is 1.89. The van der Waals surface area contributed by atoms with E-state index >= 15 is 0 Å². The molecular weight excluding hydrogens is 345 g/mol. The van der Waals surface area contributed by atoms with Crippen molar-refractivity contribution in [3.05, 3.63) is 51.7 Å². The minimum absolute atomic E-state index is 0.0615. The van der Waals surface area contributed by atoms with E-state index in [1.165, 1.54) is 12.1 Å². The van der Waals surface area contributed by atoms with Crippen molar-refractivity contribution >= 4 is 44.3 Å². The molecule has 100 valence electrons. The third kappa shape index (κ3) is 2.34. The van der Waals surface area contributed by atoms with Crippen molar-refractivity contribution in [1.82, 2.24) is 9.97 Å². The van der Waals surface area contributed by atoms with Crippen molar-refractivity contribution < 1.29 is 4.39 Å². The SMILES string of the molecule is Nc1nc(-c2ccc(Cl)c(F)c2)nc2ccc(Br)cc12. The van der Waals surface area contributed by atoms with E-state index < -0.39 is 5.82 Å². The predicted molar refractivity (Wildman–Crippen MR) is 82.1 cm³/mol. The Morgan fingerprint density at radius 1 is 1.10 bits per heavy atom. The molecule has 3 aromatic rings. The Hall–Kier alpha value is -1.72. The Labute approximate surface area is 127 Å². The van der Waals surface area contributed by atoms with Crippen LogP contribution in [0.1, 0.15) is 0 Å². The molecule has 1 aromatic heterocycles. The number of anilines is 1. The number of benzene rings is 2. The van der Waals surface area contributed by atoms with Crippen LogP contribution in [0.2, 0.25) is 5.02 Å². The van der Waals surface area contributed by atoms with Gasteiger partial charge in [0.15, 0.2) is 5.82 Å². The Kier molecular flexibility index (Phi) is 3.31. The maximum Gasteiger partial charge on any atom is 0.162 e. The zero-order chi connectivity index (χ0) is 14.3. The first-order valence-electron chi connectivity index (χ1n) is 5.73. The molecule has 0 radical (unpaired) electrons. The van der Waals surface area contributed by atoms with Crippen LogP contribution in [-0.4, -0.2) is 9.97 Å². The molecule has 1 heterocycles. The average molecular weight is 353 g/mol. The van der Waals surface area contributed by atoms with Crippen LogP contribution < -0.4 is 5.73 Å². The van der Waals surface area contributed by atoms with Crippen LogP contribution >= 0.6 is 27.5 Å². The number of rotatable bonds is 1. The van der Waals surface area contributed by atoms with Gasteiger partial charge in [-0.3, -0.25) is 0 Å². The molecule has 0 amide bonds. The van der Waals surface area contributed by atoms with E-state index in [-0.39, 0.29) is 5.02 Å². The van der Waals surface area contributed by atoms with Crippen LogP contribution in [0.3, 0.4) is 0 Å². The summed E-state index contributed by atoms with van der Waals surface area (Å²) in [5.74, 6) is 0.205. The number of fused-ring (bicyclic) bond motifs is 1. The van der Waals surface area contributed by atoms with Crippen LogP contribution in [0.25, 0.3) is 22.3 Å². The van der Waals surface area contributed by atoms with Gasteiger partial charge in [-0.1, -0.05) is 27.5 Å². The number of aromatic nitrogens is 2. The van der Waals surface area contributed by atoms with Crippen molar-refractivity contribution in [2.75, 3.05) is 5.73 Å². The first-order chi connectivity index (χ1) is 9.54. The first-order valence-corrected chi connectivity index (χ1v) is 6.90. The fourth-order valence-corrected chi connectivity index (χ4v) is 2.37. The van der Waals surface area contributed by atoms with Gasteiger partial charge in [0.25, 0.3) is 0 Å². The first kappa shape index (κ1) is 13.3. The van der Waals surface area contributed by atoms with Gasteiger partial charge in [0.1, 0.15) is 11.6 Å². The van der Waals surface area contributed by atoms with Crippen molar-refractivity contribution in [2.45, 2.75) is 0 Å². The summed E-state index contributed by atoms with van der Waals surface area (Å²) in [4.78, 5) is 8.62. The Bertz CT molecular complexity index is 823. The molecule has 2 aromatic carbocycles. The highest BCUT2D eigenvalue weighted by Crippen LogP contribution is 2.27. The molecule has 0 saturated heterocycles. The molecule has 0 bridgehead atoms. The molecule has 0 aliphatic carbocycles. The smallest absolute Gasteiger partial charge is 0.162 e. The highest BCUT2D eigenvalue weighted by atomic mass is 79.9. The summed E-state index contributed by atoms with van der Waals surface area (Å²) in [7, 11) is 0. The van der Waals surface area contributed by atoms with E-state index in [0.717, 1.165) is 9.86 Å². The van der Waals surface area contributed by atoms with Gasteiger partial charge in [0, 0.05) is 15.4 Å². The highest BCUT2D eigenvalue weighted by molar-refractivity contribution is 9.10. The Balaban J connectivity index is 2.21. The summed E-state index contributed by atoms with van der Waals surface area (Å²) in [6, 6.07) is 9.95. The molecule has 0 spiro atoms. The quantitative estimate of drug-likeness (QED) is 0.704. The third-order valence-electron chi connectivity index (χ3n) is 2.87. The maximum atomic E-state index is 13.5.